The van der Waals surface area contributed by atoms with Crippen molar-refractivity contribution in [3.05, 3.63) is 153 Å². The molecule has 0 spiro atoms. The van der Waals surface area contributed by atoms with Crippen LogP contribution in [0.15, 0.2) is 119 Å². The minimum Gasteiger partial charge on any atom is -0.345 e. The summed E-state index contributed by atoms with van der Waals surface area (Å²) in [6.45, 7) is 3.49. The second-order valence-electron chi connectivity index (χ2n) is 11.3. The molecule has 0 saturated heterocycles. The Hall–Kier alpha value is -6.86. The molecule has 0 aliphatic carbocycles. The van der Waals surface area contributed by atoms with Crippen molar-refractivity contribution >= 4 is 20.1 Å². The Balaban J connectivity index is 0.987. The lowest BCUT2D eigenvalue weighted by atomic mass is 10.1. The second kappa shape index (κ2) is 15.8. The molecular weight excluding hydrogens is 687 g/mol. The van der Waals surface area contributed by atoms with E-state index >= 15 is 0 Å². The molecular formula is C36H30N8O7P+. The second-order valence-corrected chi connectivity index (χ2v) is 12.1. The highest BCUT2D eigenvalue weighted by molar-refractivity contribution is 7.34. The first kappa shape index (κ1) is 35.0. The monoisotopic (exact) mass is 717 g/mol. The summed E-state index contributed by atoms with van der Waals surface area (Å²) >= 11 is 0. The molecule has 260 valence electrons. The van der Waals surface area contributed by atoms with Gasteiger partial charge in [-0.3, -0.25) is 29.1 Å². The topological polar surface area (TPSA) is 211 Å². The smallest absolute Gasteiger partial charge is 0.345 e. The van der Waals surface area contributed by atoms with Crippen LogP contribution in [-0.4, -0.2) is 41.7 Å². The zero-order chi connectivity index (χ0) is 36.6. The number of carbonyl (C=O) groups is 2. The normalized spacial score (nSPS) is 12.2. The fourth-order valence-corrected chi connectivity index (χ4v) is 5.55. The molecule has 6 aromatic rings. The largest absolute Gasteiger partial charge is 0.805 e. The van der Waals surface area contributed by atoms with E-state index in [0.717, 1.165) is 0 Å². The first-order chi connectivity index (χ1) is 25.1. The zero-order valence-electron chi connectivity index (χ0n) is 27.6. The number of carbonyl (C=O) groups excluding carboxylic acids is 2. The third-order valence-corrected chi connectivity index (χ3v) is 8.44. The quantitative estimate of drug-likeness (QED) is 0.123. The fourth-order valence-electron chi connectivity index (χ4n) is 4.92. The highest BCUT2D eigenvalue weighted by Gasteiger charge is 2.25. The van der Waals surface area contributed by atoms with Gasteiger partial charge in [0.05, 0.1) is 12.1 Å². The van der Waals surface area contributed by atoms with Gasteiger partial charge in [-0.05, 0) is 73.5 Å². The zero-order valence-corrected chi connectivity index (χ0v) is 28.5. The van der Waals surface area contributed by atoms with E-state index in [1.165, 1.54) is 12.4 Å². The summed E-state index contributed by atoms with van der Waals surface area (Å²) in [5.74, 6) is -0.183. The number of benzene rings is 2. The maximum Gasteiger partial charge on any atom is 0.805 e. The lowest BCUT2D eigenvalue weighted by molar-refractivity contribution is 0.0929. The molecule has 2 amide bonds. The number of H-pyrrole nitrogens is 2. The average molecular weight is 718 g/mol. The number of hydrogen-bond donors (Lipinski definition) is 4. The number of rotatable bonds is 12. The van der Waals surface area contributed by atoms with Gasteiger partial charge in [-0.25, -0.2) is 19.0 Å². The molecule has 0 aliphatic heterocycles. The molecule has 2 atom stereocenters. The minimum absolute atomic E-state index is 0.148. The molecule has 16 heteroatoms. The molecule has 0 fully saturated rings. The van der Waals surface area contributed by atoms with Gasteiger partial charge in [-0.2, -0.15) is 0 Å². The van der Waals surface area contributed by atoms with Gasteiger partial charge in [-0.1, -0.05) is 36.4 Å². The van der Waals surface area contributed by atoms with Crippen LogP contribution in [0, 0.1) is 0 Å². The third-order valence-electron chi connectivity index (χ3n) is 7.72. The Bertz CT molecular complexity index is 2170. The van der Waals surface area contributed by atoms with Gasteiger partial charge in [-0.15, -0.1) is 0 Å². The van der Waals surface area contributed by atoms with Crippen molar-refractivity contribution in [2.45, 2.75) is 25.9 Å². The molecule has 0 aliphatic rings. The maximum absolute atomic E-state index is 12.8. The summed E-state index contributed by atoms with van der Waals surface area (Å²) in [4.78, 5) is 72.5. The Morgan fingerprint density at radius 1 is 0.615 bits per heavy atom. The molecule has 4 N–H and O–H groups in total. The number of aromatic amines is 2. The van der Waals surface area contributed by atoms with Crippen molar-refractivity contribution < 1.29 is 23.2 Å². The van der Waals surface area contributed by atoms with Crippen molar-refractivity contribution in [2.24, 2.45) is 0 Å². The lowest BCUT2D eigenvalue weighted by Gasteiger charge is -2.14. The van der Waals surface area contributed by atoms with Gasteiger partial charge in [0.1, 0.15) is 22.5 Å². The summed E-state index contributed by atoms with van der Waals surface area (Å²) in [5, 5.41) is 5.53. The SMILES string of the molecule is CC(NC(=O)c1cnc(-c2ccccn2)[nH]c1=O)c1ccc(O[P+](=O)Oc2ccc(C(C)NC(=O)c3cnc(-c4ccccn4)[nH]c3=O)cc2)cc1. The van der Waals surface area contributed by atoms with Gasteiger partial charge in [0.2, 0.25) is 0 Å². The van der Waals surface area contributed by atoms with Crippen LogP contribution in [0.1, 0.15) is 57.8 Å². The van der Waals surface area contributed by atoms with E-state index in [4.69, 9.17) is 9.05 Å². The first-order valence-corrected chi connectivity index (χ1v) is 16.9. The molecule has 52 heavy (non-hydrogen) atoms. The standard InChI is InChI=1S/C36H29N8O7P/c1-21(41-33(45)27-19-39-31(43-35(27)47)29-7-3-5-17-37-29)23-9-13-25(14-10-23)50-52(49)51-26-15-11-24(12-16-26)22(2)42-34(46)28-20-40-32(44-36(28)48)30-8-4-6-18-38-30/h3-22H,1-2H3,(H3-,39,40,41,42,43,44,45,46,47,48)/p+1. The minimum atomic E-state index is -2.61. The summed E-state index contributed by atoms with van der Waals surface area (Å²) in [5.41, 5.74) is 0.849. The van der Waals surface area contributed by atoms with Crippen LogP contribution in [0.4, 0.5) is 0 Å². The van der Waals surface area contributed by atoms with Gasteiger partial charge in [0.15, 0.2) is 23.1 Å². The molecule has 0 radical (unpaired) electrons. The number of pyridine rings is 2. The number of amides is 2. The van der Waals surface area contributed by atoms with Crippen molar-refractivity contribution in [1.82, 2.24) is 40.5 Å². The number of hydrogen-bond acceptors (Lipinski definition) is 11. The lowest BCUT2D eigenvalue weighted by Crippen LogP contribution is -2.32. The Morgan fingerprint density at radius 2 is 1.02 bits per heavy atom. The Labute approximate surface area is 296 Å². The molecule has 4 heterocycles. The molecule has 2 aromatic carbocycles. The van der Waals surface area contributed by atoms with Crippen LogP contribution in [0.2, 0.25) is 0 Å². The number of aromatic nitrogens is 6. The molecule has 15 nitrogen and oxygen atoms in total. The Kier molecular flexibility index (Phi) is 10.6. The molecule has 0 bridgehead atoms. The van der Waals surface area contributed by atoms with Crippen molar-refractivity contribution in [3.63, 3.8) is 0 Å². The Morgan fingerprint density at radius 3 is 1.37 bits per heavy atom. The van der Waals surface area contributed by atoms with E-state index in [0.29, 0.717) is 22.5 Å². The summed E-state index contributed by atoms with van der Waals surface area (Å²) in [6.07, 6.45) is 5.55. The fraction of sp³-hybridized carbons (Fsp3) is 0.111. The van der Waals surface area contributed by atoms with E-state index < -0.39 is 43.3 Å². The van der Waals surface area contributed by atoms with Gasteiger partial charge in [0.25, 0.3) is 22.9 Å². The van der Waals surface area contributed by atoms with E-state index in [9.17, 15) is 23.7 Å². The molecule has 0 saturated carbocycles. The molecule has 4 aromatic heterocycles. The number of nitrogens with one attached hydrogen (secondary N) is 4. The summed E-state index contributed by atoms with van der Waals surface area (Å²) in [7, 11) is -2.61. The van der Waals surface area contributed by atoms with Crippen LogP contribution < -0.4 is 30.8 Å². The van der Waals surface area contributed by atoms with Crippen LogP contribution in [0.3, 0.4) is 0 Å². The van der Waals surface area contributed by atoms with E-state index in [-0.39, 0.29) is 34.3 Å². The molecule has 2 unspecified atom stereocenters. The van der Waals surface area contributed by atoms with Crippen LogP contribution in [-0.2, 0) is 4.57 Å². The highest BCUT2D eigenvalue weighted by Crippen LogP contribution is 2.32. The van der Waals surface area contributed by atoms with Crippen LogP contribution in [0.5, 0.6) is 11.5 Å². The van der Waals surface area contributed by atoms with Crippen LogP contribution >= 0.6 is 8.25 Å². The first-order valence-electron chi connectivity index (χ1n) is 15.8. The third kappa shape index (κ3) is 8.46. The predicted molar refractivity (Wildman–Crippen MR) is 190 cm³/mol. The summed E-state index contributed by atoms with van der Waals surface area (Å²) in [6, 6.07) is 22.4. The van der Waals surface area contributed by atoms with Crippen LogP contribution in [0.25, 0.3) is 23.0 Å². The molecule has 6 rings (SSSR count). The van der Waals surface area contributed by atoms with E-state index in [1.807, 2.05) is 0 Å². The predicted octanol–water partition coefficient (Wildman–Crippen LogP) is 5.07. The van der Waals surface area contributed by atoms with E-state index in [2.05, 4.69) is 40.5 Å². The van der Waals surface area contributed by atoms with Gasteiger partial charge in [0, 0.05) is 29.4 Å². The number of nitrogens with zero attached hydrogens (tertiary/aromatic N) is 4. The van der Waals surface area contributed by atoms with Gasteiger partial charge >= 0.3 is 8.25 Å². The van der Waals surface area contributed by atoms with Crippen molar-refractivity contribution in [1.29, 1.82) is 0 Å². The van der Waals surface area contributed by atoms with Gasteiger partial charge < -0.3 is 20.6 Å². The highest BCUT2D eigenvalue weighted by atomic mass is 31.1. The van der Waals surface area contributed by atoms with E-state index in [1.54, 1.807) is 111 Å². The maximum atomic E-state index is 12.8. The average Bonchev–Trinajstić information content (AvgIpc) is 3.15. The van der Waals surface area contributed by atoms with Crippen molar-refractivity contribution in [3.8, 4) is 34.5 Å². The van der Waals surface area contributed by atoms with Crippen molar-refractivity contribution in [2.75, 3.05) is 0 Å². The summed E-state index contributed by atoms with van der Waals surface area (Å²) < 4.78 is 23.5.